The Morgan fingerprint density at radius 2 is 2.10 bits per heavy atom. The highest BCUT2D eigenvalue weighted by Gasteiger charge is 2.26. The number of rotatable bonds is 4. The molecule has 0 aliphatic carbocycles. The van der Waals surface area contributed by atoms with Gasteiger partial charge in [-0.3, -0.25) is 4.79 Å². The molecule has 1 N–H and O–H groups in total. The van der Waals surface area contributed by atoms with E-state index >= 15 is 0 Å². The first-order valence-corrected chi connectivity index (χ1v) is 7.21. The lowest BCUT2D eigenvalue weighted by atomic mass is 10.1. The van der Waals surface area contributed by atoms with Crippen LogP contribution in [0.2, 0.25) is 0 Å². The second kappa shape index (κ2) is 6.69. The summed E-state index contributed by atoms with van der Waals surface area (Å²) in [6, 6.07) is -0.679. The number of likely N-dealkylation sites (N-methyl/N-ethyl adjacent to an activating group) is 1. The molecule has 1 aromatic rings. The second-order valence-corrected chi connectivity index (χ2v) is 6.33. The van der Waals surface area contributed by atoms with Gasteiger partial charge in [-0.25, -0.2) is 9.78 Å². The highest BCUT2D eigenvalue weighted by Crippen LogP contribution is 2.09. The number of amides is 2. The van der Waals surface area contributed by atoms with Crippen molar-refractivity contribution >= 4 is 23.3 Å². The summed E-state index contributed by atoms with van der Waals surface area (Å²) in [5.41, 5.74) is 1.86. The molecule has 20 heavy (non-hydrogen) atoms. The van der Waals surface area contributed by atoms with Crippen LogP contribution < -0.4 is 5.32 Å². The van der Waals surface area contributed by atoms with Gasteiger partial charge in [0.1, 0.15) is 11.6 Å². The van der Waals surface area contributed by atoms with Crippen molar-refractivity contribution in [3.8, 4) is 0 Å². The van der Waals surface area contributed by atoms with Gasteiger partial charge in [0.15, 0.2) is 0 Å². The lowest BCUT2D eigenvalue weighted by Crippen LogP contribution is -2.48. The summed E-state index contributed by atoms with van der Waals surface area (Å²) in [7, 11) is 3.29. The van der Waals surface area contributed by atoms with Crippen molar-refractivity contribution < 1.29 is 14.3 Å². The van der Waals surface area contributed by atoms with Gasteiger partial charge in [-0.05, 0) is 20.8 Å². The van der Waals surface area contributed by atoms with Gasteiger partial charge in [-0.1, -0.05) is 0 Å². The number of hydrogen-bond donors (Lipinski definition) is 1. The van der Waals surface area contributed by atoms with E-state index in [2.05, 4.69) is 10.3 Å². The summed E-state index contributed by atoms with van der Waals surface area (Å²) in [6.07, 6.45) is -0.257. The van der Waals surface area contributed by atoms with E-state index in [1.54, 1.807) is 40.4 Å². The third-order valence-electron chi connectivity index (χ3n) is 2.33. The normalized spacial score (nSPS) is 12.7. The minimum atomic E-state index is -0.679. The summed E-state index contributed by atoms with van der Waals surface area (Å²) < 4.78 is 5.18. The Morgan fingerprint density at radius 1 is 1.45 bits per heavy atom. The van der Waals surface area contributed by atoms with Gasteiger partial charge in [-0.2, -0.15) is 0 Å². The van der Waals surface area contributed by atoms with Gasteiger partial charge in [0.05, 0.1) is 11.2 Å². The number of thiazole rings is 1. The zero-order valence-electron chi connectivity index (χ0n) is 12.5. The first kappa shape index (κ1) is 16.4. The molecule has 1 heterocycles. The molecular weight excluding hydrogens is 278 g/mol. The number of aromatic nitrogens is 1. The quantitative estimate of drug-likeness (QED) is 0.918. The first-order chi connectivity index (χ1) is 9.19. The van der Waals surface area contributed by atoms with Crippen molar-refractivity contribution in [3.05, 3.63) is 16.6 Å². The maximum Gasteiger partial charge on any atom is 0.408 e. The predicted molar refractivity (Wildman–Crippen MR) is 77.7 cm³/mol. The minimum Gasteiger partial charge on any atom is -0.444 e. The van der Waals surface area contributed by atoms with Crippen molar-refractivity contribution in [1.82, 2.24) is 15.2 Å². The number of nitrogens with one attached hydrogen (secondary N) is 1. The topological polar surface area (TPSA) is 71.5 Å². The van der Waals surface area contributed by atoms with E-state index in [0.717, 1.165) is 5.69 Å². The molecule has 0 aliphatic rings. The third kappa shape index (κ3) is 5.56. The van der Waals surface area contributed by atoms with Crippen molar-refractivity contribution in [1.29, 1.82) is 0 Å². The molecule has 0 spiro atoms. The molecule has 112 valence electrons. The van der Waals surface area contributed by atoms with E-state index in [1.807, 2.05) is 5.38 Å². The molecule has 1 rings (SSSR count). The minimum absolute atomic E-state index is 0.191. The maximum absolute atomic E-state index is 12.1. The van der Waals surface area contributed by atoms with Gasteiger partial charge in [0, 0.05) is 25.9 Å². The second-order valence-electron chi connectivity index (χ2n) is 5.62. The third-order valence-corrected chi connectivity index (χ3v) is 2.96. The van der Waals surface area contributed by atoms with E-state index in [-0.39, 0.29) is 5.91 Å². The summed E-state index contributed by atoms with van der Waals surface area (Å²) in [5.74, 6) is -0.191. The highest BCUT2D eigenvalue weighted by molar-refractivity contribution is 7.07. The van der Waals surface area contributed by atoms with Crippen LogP contribution in [0.4, 0.5) is 4.79 Å². The number of hydrogen-bond acceptors (Lipinski definition) is 5. The standard InChI is InChI=1S/C13H21N3O3S/c1-13(2,3)19-12(18)15-10(11(17)16(4)5)6-9-7-20-8-14-9/h7-8,10H,6H2,1-5H3,(H,15,18)/t10-/m0/s1. The van der Waals surface area contributed by atoms with E-state index < -0.39 is 17.7 Å². The largest absolute Gasteiger partial charge is 0.444 e. The molecule has 0 aliphatic heterocycles. The molecule has 0 saturated heterocycles. The van der Waals surface area contributed by atoms with Crippen molar-refractivity contribution in [2.75, 3.05) is 14.1 Å². The van der Waals surface area contributed by atoms with E-state index in [0.29, 0.717) is 6.42 Å². The molecule has 0 radical (unpaired) electrons. The molecule has 7 heteroatoms. The molecule has 0 bridgehead atoms. The van der Waals surface area contributed by atoms with Gasteiger partial charge < -0.3 is 15.0 Å². The van der Waals surface area contributed by atoms with E-state index in [4.69, 9.17) is 4.74 Å². The molecule has 2 amide bonds. The average molecular weight is 299 g/mol. The monoisotopic (exact) mass is 299 g/mol. The molecule has 6 nitrogen and oxygen atoms in total. The Morgan fingerprint density at radius 3 is 2.55 bits per heavy atom. The lowest BCUT2D eigenvalue weighted by Gasteiger charge is -2.24. The first-order valence-electron chi connectivity index (χ1n) is 6.27. The summed E-state index contributed by atoms with van der Waals surface area (Å²) in [4.78, 5) is 29.5. The number of carbonyl (C=O) groups excluding carboxylic acids is 2. The SMILES string of the molecule is CN(C)C(=O)[C@H](Cc1cscn1)NC(=O)OC(C)(C)C. The van der Waals surface area contributed by atoms with Gasteiger partial charge in [0.25, 0.3) is 0 Å². The Bertz CT molecular complexity index is 452. The Hall–Kier alpha value is -1.63. The van der Waals surface area contributed by atoms with E-state index in [1.165, 1.54) is 16.2 Å². The highest BCUT2D eigenvalue weighted by atomic mass is 32.1. The number of carbonyl (C=O) groups is 2. The zero-order chi connectivity index (χ0) is 15.3. The fourth-order valence-electron chi connectivity index (χ4n) is 1.51. The number of alkyl carbamates (subject to hydrolysis) is 1. The number of ether oxygens (including phenoxy) is 1. The van der Waals surface area contributed by atoms with Gasteiger partial charge >= 0.3 is 6.09 Å². The van der Waals surface area contributed by atoms with Crippen LogP contribution in [0, 0.1) is 0 Å². The van der Waals surface area contributed by atoms with Crippen LogP contribution in [0.25, 0.3) is 0 Å². The molecule has 0 aromatic carbocycles. The van der Waals surface area contributed by atoms with Crippen molar-refractivity contribution in [2.45, 2.75) is 38.8 Å². The van der Waals surface area contributed by atoms with Crippen molar-refractivity contribution in [3.63, 3.8) is 0 Å². The van der Waals surface area contributed by atoms with Crippen molar-refractivity contribution in [2.24, 2.45) is 0 Å². The van der Waals surface area contributed by atoms with Crippen LogP contribution in [0.5, 0.6) is 0 Å². The molecule has 0 saturated carbocycles. The molecule has 0 fully saturated rings. The average Bonchev–Trinajstić information content (AvgIpc) is 2.77. The predicted octanol–water partition coefficient (Wildman–Crippen LogP) is 1.67. The summed E-state index contributed by atoms with van der Waals surface area (Å²) in [5, 5.41) is 4.46. The molecule has 1 aromatic heterocycles. The Kier molecular flexibility index (Phi) is 5.50. The van der Waals surface area contributed by atoms with Gasteiger partial charge in [0.2, 0.25) is 5.91 Å². The fourth-order valence-corrected chi connectivity index (χ4v) is 2.08. The molecule has 0 unspecified atom stereocenters. The summed E-state index contributed by atoms with van der Waals surface area (Å²) in [6.45, 7) is 5.32. The zero-order valence-corrected chi connectivity index (χ0v) is 13.3. The van der Waals surface area contributed by atoms with Crippen LogP contribution in [0.3, 0.4) is 0 Å². The number of nitrogens with zero attached hydrogens (tertiary/aromatic N) is 2. The smallest absolute Gasteiger partial charge is 0.408 e. The van der Waals surface area contributed by atoms with Gasteiger partial charge in [-0.15, -0.1) is 11.3 Å². The molecule has 1 atom stereocenters. The maximum atomic E-state index is 12.1. The molecular formula is C13H21N3O3S. The Balaban J connectivity index is 2.73. The van der Waals surface area contributed by atoms with Crippen LogP contribution in [-0.4, -0.2) is 47.6 Å². The summed E-state index contributed by atoms with van der Waals surface area (Å²) >= 11 is 1.45. The fraction of sp³-hybridized carbons (Fsp3) is 0.615. The van der Waals surface area contributed by atoms with Crippen LogP contribution >= 0.6 is 11.3 Å². The van der Waals surface area contributed by atoms with Crippen LogP contribution in [0.1, 0.15) is 26.5 Å². The Labute approximate surface area is 123 Å². The van der Waals surface area contributed by atoms with Crippen LogP contribution in [-0.2, 0) is 16.0 Å². The van der Waals surface area contributed by atoms with E-state index in [9.17, 15) is 9.59 Å². The lowest BCUT2D eigenvalue weighted by molar-refractivity contribution is -0.130. The van der Waals surface area contributed by atoms with Crippen LogP contribution in [0.15, 0.2) is 10.9 Å².